The number of amides is 3. The van der Waals surface area contributed by atoms with E-state index in [1.165, 1.54) is 18.4 Å². The third kappa shape index (κ3) is 2.33. The van der Waals surface area contributed by atoms with E-state index in [0.29, 0.717) is 0 Å². The Kier molecular flexibility index (Phi) is 3.92. The number of aliphatic hydroxyl groups excluding tert-OH is 2. The molecule has 0 saturated heterocycles. The lowest BCUT2D eigenvalue weighted by molar-refractivity contribution is -0.144. The number of carbonyl (C=O) groups excluding carboxylic acids is 3. The van der Waals surface area contributed by atoms with Crippen LogP contribution in [0.5, 0.6) is 0 Å². The van der Waals surface area contributed by atoms with Crippen LogP contribution >= 0.6 is 0 Å². The third-order valence-corrected chi connectivity index (χ3v) is 1.70. The Labute approximate surface area is 89.9 Å². The highest BCUT2D eigenvalue weighted by atomic mass is 16.3. The Morgan fingerprint density at radius 1 is 1.19 bits per heavy atom. The first-order valence-corrected chi connectivity index (χ1v) is 4.27. The minimum absolute atomic E-state index is 0.138. The van der Waals surface area contributed by atoms with Crippen LogP contribution in [0.25, 0.3) is 0 Å². The van der Waals surface area contributed by atoms with Gasteiger partial charge in [0.05, 0.1) is 6.26 Å². The molecule has 1 aromatic rings. The molecule has 0 fully saturated rings. The summed E-state index contributed by atoms with van der Waals surface area (Å²) in [6.07, 6.45) is 1.19. The van der Waals surface area contributed by atoms with Crippen LogP contribution < -0.4 is 0 Å². The summed E-state index contributed by atoms with van der Waals surface area (Å²) in [5.74, 6) is -3.51. The lowest BCUT2D eigenvalue weighted by atomic mass is 10.3. The number of hydrogen-bond acceptors (Lipinski definition) is 6. The first-order chi connectivity index (χ1) is 7.61. The van der Waals surface area contributed by atoms with Gasteiger partial charge in [0.15, 0.2) is 5.76 Å². The van der Waals surface area contributed by atoms with Crippen LogP contribution in [0.3, 0.4) is 0 Å². The summed E-state index contributed by atoms with van der Waals surface area (Å²) in [6.45, 7) is -2.03. The van der Waals surface area contributed by atoms with Crippen molar-refractivity contribution in [3.8, 4) is 0 Å². The van der Waals surface area contributed by atoms with E-state index in [1.54, 1.807) is 0 Å². The monoisotopic (exact) mass is 227 g/mol. The summed E-state index contributed by atoms with van der Waals surface area (Å²) in [6, 6.07) is 2.66. The van der Waals surface area contributed by atoms with E-state index in [0.717, 1.165) is 0 Å². The van der Waals surface area contributed by atoms with Gasteiger partial charge in [0.1, 0.15) is 13.2 Å². The molecule has 16 heavy (non-hydrogen) atoms. The molecule has 1 aromatic heterocycles. The number of nitrogens with zero attached hydrogens (tertiary/aromatic N) is 1. The molecule has 2 N–H and O–H groups in total. The maximum absolute atomic E-state index is 11.6. The van der Waals surface area contributed by atoms with Crippen LogP contribution in [0, 0.1) is 0 Å². The molecule has 0 spiro atoms. The largest absolute Gasteiger partial charge is 0.459 e. The van der Waals surface area contributed by atoms with Gasteiger partial charge in [0.2, 0.25) is 0 Å². The minimum atomic E-state index is -1.12. The van der Waals surface area contributed by atoms with E-state index in [1.807, 2.05) is 0 Å². The van der Waals surface area contributed by atoms with E-state index < -0.39 is 30.9 Å². The summed E-state index contributed by atoms with van der Waals surface area (Å²) in [5.41, 5.74) is 0. The highest BCUT2D eigenvalue weighted by Crippen LogP contribution is 2.06. The second-order valence-corrected chi connectivity index (χ2v) is 2.72. The highest BCUT2D eigenvalue weighted by molar-refractivity contribution is 6.15. The van der Waals surface area contributed by atoms with Gasteiger partial charge in [-0.2, -0.15) is 0 Å². The quantitative estimate of drug-likeness (QED) is 0.668. The summed E-state index contributed by atoms with van der Waals surface area (Å²) < 4.78 is 4.71. The molecule has 7 nitrogen and oxygen atoms in total. The van der Waals surface area contributed by atoms with Crippen LogP contribution in [0.2, 0.25) is 0 Å². The molecule has 86 valence electrons. The summed E-state index contributed by atoms with van der Waals surface area (Å²) in [7, 11) is 0. The molecular weight excluding hydrogens is 218 g/mol. The molecule has 0 radical (unpaired) electrons. The van der Waals surface area contributed by atoms with Gasteiger partial charge in [-0.25, -0.2) is 4.90 Å². The zero-order chi connectivity index (χ0) is 12.1. The molecular formula is C9H9NO6. The molecule has 1 rings (SSSR count). The van der Waals surface area contributed by atoms with Crippen LogP contribution in [0.4, 0.5) is 0 Å². The Hall–Kier alpha value is -1.99. The van der Waals surface area contributed by atoms with E-state index >= 15 is 0 Å². The predicted octanol–water partition coefficient (Wildman–Crippen LogP) is -1.24. The number of imide groups is 3. The smallest absolute Gasteiger partial charge is 0.303 e. The maximum atomic E-state index is 11.6. The van der Waals surface area contributed by atoms with Crippen LogP contribution in [-0.4, -0.2) is 46.0 Å². The molecule has 0 saturated carbocycles. The Bertz CT molecular complexity index is 380. The van der Waals surface area contributed by atoms with Crippen molar-refractivity contribution in [2.24, 2.45) is 0 Å². The molecule has 7 heteroatoms. The Morgan fingerprint density at radius 2 is 1.75 bits per heavy atom. The second kappa shape index (κ2) is 5.19. The molecule has 0 aliphatic heterocycles. The van der Waals surface area contributed by atoms with Gasteiger partial charge >= 0.3 is 5.91 Å². The van der Waals surface area contributed by atoms with Crippen molar-refractivity contribution in [3.05, 3.63) is 24.2 Å². The first-order valence-electron chi connectivity index (χ1n) is 4.27. The fourth-order valence-electron chi connectivity index (χ4n) is 1.02. The normalized spacial score (nSPS) is 9.88. The average Bonchev–Trinajstić information content (AvgIpc) is 2.81. The Balaban J connectivity index is 2.98. The van der Waals surface area contributed by atoms with Crippen molar-refractivity contribution in [2.75, 3.05) is 13.2 Å². The molecule has 0 unspecified atom stereocenters. The zero-order valence-corrected chi connectivity index (χ0v) is 8.12. The number of aliphatic hydroxyl groups is 2. The summed E-state index contributed by atoms with van der Waals surface area (Å²) >= 11 is 0. The van der Waals surface area contributed by atoms with Crippen molar-refractivity contribution in [3.63, 3.8) is 0 Å². The molecule has 0 aliphatic carbocycles. The summed E-state index contributed by atoms with van der Waals surface area (Å²) in [4.78, 5) is 34.0. The van der Waals surface area contributed by atoms with E-state index in [-0.39, 0.29) is 10.7 Å². The van der Waals surface area contributed by atoms with Gasteiger partial charge in [-0.1, -0.05) is 0 Å². The van der Waals surface area contributed by atoms with Gasteiger partial charge in [0, 0.05) is 0 Å². The summed E-state index contributed by atoms with van der Waals surface area (Å²) in [5, 5.41) is 17.2. The van der Waals surface area contributed by atoms with Crippen molar-refractivity contribution >= 4 is 17.7 Å². The highest BCUT2D eigenvalue weighted by Gasteiger charge is 2.29. The lowest BCUT2D eigenvalue weighted by Gasteiger charge is -2.15. The molecule has 0 aliphatic rings. The van der Waals surface area contributed by atoms with Crippen LogP contribution in [0.1, 0.15) is 10.6 Å². The Morgan fingerprint density at radius 3 is 2.12 bits per heavy atom. The minimum Gasteiger partial charge on any atom is -0.459 e. The van der Waals surface area contributed by atoms with Gasteiger partial charge in [-0.05, 0) is 12.1 Å². The SMILES string of the molecule is O=C(CO)N(C(=O)CO)C(=O)c1ccco1. The van der Waals surface area contributed by atoms with Gasteiger partial charge < -0.3 is 14.6 Å². The zero-order valence-electron chi connectivity index (χ0n) is 8.12. The molecule has 1 heterocycles. The number of furan rings is 1. The average molecular weight is 227 g/mol. The third-order valence-electron chi connectivity index (χ3n) is 1.70. The molecule has 3 amide bonds. The molecule has 0 aromatic carbocycles. The predicted molar refractivity (Wildman–Crippen MR) is 49.1 cm³/mol. The first kappa shape index (κ1) is 12.1. The topological polar surface area (TPSA) is 108 Å². The molecule has 0 atom stereocenters. The van der Waals surface area contributed by atoms with E-state index in [2.05, 4.69) is 0 Å². The van der Waals surface area contributed by atoms with E-state index in [9.17, 15) is 14.4 Å². The maximum Gasteiger partial charge on any atom is 0.303 e. The van der Waals surface area contributed by atoms with Crippen LogP contribution in [-0.2, 0) is 9.59 Å². The van der Waals surface area contributed by atoms with Crippen molar-refractivity contribution in [1.82, 2.24) is 4.90 Å². The number of carbonyl (C=O) groups is 3. The van der Waals surface area contributed by atoms with Crippen LogP contribution in [0.15, 0.2) is 22.8 Å². The van der Waals surface area contributed by atoms with E-state index in [4.69, 9.17) is 14.6 Å². The second-order valence-electron chi connectivity index (χ2n) is 2.72. The number of rotatable bonds is 3. The van der Waals surface area contributed by atoms with Crippen molar-refractivity contribution in [1.29, 1.82) is 0 Å². The van der Waals surface area contributed by atoms with Gasteiger partial charge in [-0.3, -0.25) is 14.4 Å². The lowest BCUT2D eigenvalue weighted by Crippen LogP contribution is -2.44. The van der Waals surface area contributed by atoms with Gasteiger partial charge in [-0.15, -0.1) is 0 Å². The van der Waals surface area contributed by atoms with Crippen molar-refractivity contribution in [2.45, 2.75) is 0 Å². The van der Waals surface area contributed by atoms with Gasteiger partial charge in [0.25, 0.3) is 11.8 Å². The fraction of sp³-hybridized carbons (Fsp3) is 0.222. The molecule has 0 bridgehead atoms. The number of hydrogen-bond donors (Lipinski definition) is 2. The fourth-order valence-corrected chi connectivity index (χ4v) is 1.02. The van der Waals surface area contributed by atoms with Crippen molar-refractivity contribution < 1.29 is 29.0 Å². The standard InChI is InChI=1S/C9H9NO6/c11-4-7(13)10(8(14)5-12)9(15)6-2-1-3-16-6/h1-3,11-12H,4-5H2.